The molecule has 134 valence electrons. The number of hydrogen-bond donors (Lipinski definition) is 1. The van der Waals surface area contributed by atoms with Gasteiger partial charge in [-0.15, -0.1) is 0 Å². The van der Waals surface area contributed by atoms with Crippen LogP contribution in [-0.2, 0) is 0 Å². The Morgan fingerprint density at radius 1 is 0.885 bits per heavy atom. The number of imide groups is 1. The molecular formula is C19H16F2N2O3. The lowest BCUT2D eigenvalue weighted by Crippen LogP contribution is -2.32. The Morgan fingerprint density at radius 2 is 1.46 bits per heavy atom. The van der Waals surface area contributed by atoms with E-state index in [0.717, 1.165) is 12.1 Å². The van der Waals surface area contributed by atoms with Crippen LogP contribution in [0, 0.1) is 11.6 Å². The largest absolute Gasteiger partial charge is 0.352 e. The van der Waals surface area contributed by atoms with E-state index in [1.54, 1.807) is 24.3 Å². The van der Waals surface area contributed by atoms with Crippen LogP contribution in [0.4, 0.5) is 8.78 Å². The number of nitrogens with zero attached hydrogens (tertiary/aromatic N) is 1. The van der Waals surface area contributed by atoms with Crippen LogP contribution in [0.1, 0.15) is 43.9 Å². The third-order valence-electron chi connectivity index (χ3n) is 4.16. The molecule has 2 aromatic carbocycles. The number of carbonyl (C=O) groups is 3. The molecule has 0 unspecified atom stereocenters. The zero-order chi connectivity index (χ0) is 18.7. The molecule has 0 saturated carbocycles. The number of carbonyl (C=O) groups excluding carboxylic acids is 3. The maximum absolute atomic E-state index is 13.5. The van der Waals surface area contributed by atoms with Crippen molar-refractivity contribution in [1.82, 2.24) is 10.2 Å². The standard InChI is InChI=1S/C19H16F2N2O3/c20-14-8-5-9-15(21)16(14)17(24)22-10-3-4-11-23-18(25)12-6-1-2-7-13(12)19(23)26/h1-2,5-9H,3-4,10-11H2,(H,22,24). The Balaban J connectivity index is 1.48. The summed E-state index contributed by atoms with van der Waals surface area (Å²) in [6.45, 7) is 0.395. The Labute approximate surface area is 148 Å². The highest BCUT2D eigenvalue weighted by molar-refractivity contribution is 6.21. The van der Waals surface area contributed by atoms with Crippen molar-refractivity contribution >= 4 is 17.7 Å². The maximum atomic E-state index is 13.5. The predicted octanol–water partition coefficient (Wildman–Crippen LogP) is 2.77. The first-order chi connectivity index (χ1) is 12.5. The van der Waals surface area contributed by atoms with E-state index in [9.17, 15) is 23.2 Å². The van der Waals surface area contributed by atoms with Crippen LogP contribution in [0.2, 0.25) is 0 Å². The molecule has 0 spiro atoms. The molecule has 0 atom stereocenters. The summed E-state index contributed by atoms with van der Waals surface area (Å²) in [7, 11) is 0. The average molecular weight is 358 g/mol. The summed E-state index contributed by atoms with van der Waals surface area (Å²) in [5.74, 6) is -3.34. The van der Waals surface area contributed by atoms with Gasteiger partial charge in [0.1, 0.15) is 17.2 Å². The third-order valence-corrected chi connectivity index (χ3v) is 4.16. The Kier molecular flexibility index (Phi) is 5.06. The molecular weight excluding hydrogens is 342 g/mol. The summed E-state index contributed by atoms with van der Waals surface area (Å²) in [4.78, 5) is 37.4. The van der Waals surface area contributed by atoms with Gasteiger partial charge in [0.25, 0.3) is 17.7 Å². The molecule has 1 aliphatic heterocycles. The molecule has 0 aliphatic carbocycles. The van der Waals surface area contributed by atoms with Crippen molar-refractivity contribution in [3.63, 3.8) is 0 Å². The number of nitrogens with one attached hydrogen (secondary N) is 1. The van der Waals surface area contributed by atoms with Crippen molar-refractivity contribution < 1.29 is 23.2 Å². The second-order valence-electron chi connectivity index (χ2n) is 5.87. The third kappa shape index (κ3) is 3.33. The minimum absolute atomic E-state index is 0.176. The molecule has 0 radical (unpaired) electrons. The zero-order valence-corrected chi connectivity index (χ0v) is 13.8. The smallest absolute Gasteiger partial charge is 0.261 e. The van der Waals surface area contributed by atoms with Gasteiger partial charge < -0.3 is 5.32 Å². The molecule has 1 N–H and O–H groups in total. The minimum atomic E-state index is -0.923. The molecule has 7 heteroatoms. The molecule has 0 saturated heterocycles. The second-order valence-corrected chi connectivity index (χ2v) is 5.87. The second kappa shape index (κ2) is 7.43. The van der Waals surface area contributed by atoms with Gasteiger partial charge >= 0.3 is 0 Å². The molecule has 1 heterocycles. The van der Waals surface area contributed by atoms with Crippen molar-refractivity contribution in [3.05, 3.63) is 70.8 Å². The van der Waals surface area contributed by atoms with Crippen LogP contribution in [0.5, 0.6) is 0 Å². The van der Waals surface area contributed by atoms with E-state index in [0.29, 0.717) is 24.0 Å². The normalized spacial score (nSPS) is 13.1. The highest BCUT2D eigenvalue weighted by Gasteiger charge is 2.34. The maximum Gasteiger partial charge on any atom is 0.261 e. The van der Waals surface area contributed by atoms with Gasteiger partial charge in [0.05, 0.1) is 11.1 Å². The van der Waals surface area contributed by atoms with Gasteiger partial charge in [-0.25, -0.2) is 8.78 Å². The first-order valence-electron chi connectivity index (χ1n) is 8.18. The number of unbranched alkanes of at least 4 members (excludes halogenated alkanes) is 1. The number of fused-ring (bicyclic) bond motifs is 1. The number of halogens is 2. The van der Waals surface area contributed by atoms with E-state index < -0.39 is 23.1 Å². The Hall–Kier alpha value is -3.09. The van der Waals surface area contributed by atoms with Crippen molar-refractivity contribution in [2.24, 2.45) is 0 Å². The van der Waals surface area contributed by atoms with E-state index in [-0.39, 0.29) is 24.9 Å². The van der Waals surface area contributed by atoms with Gasteiger partial charge in [-0.05, 0) is 37.1 Å². The number of benzene rings is 2. The van der Waals surface area contributed by atoms with Crippen molar-refractivity contribution in [2.45, 2.75) is 12.8 Å². The van der Waals surface area contributed by atoms with E-state index in [2.05, 4.69) is 5.32 Å². The summed E-state index contributed by atoms with van der Waals surface area (Å²) in [6.07, 6.45) is 0.917. The van der Waals surface area contributed by atoms with Gasteiger partial charge in [0.2, 0.25) is 0 Å². The Bertz CT molecular complexity index is 828. The highest BCUT2D eigenvalue weighted by atomic mass is 19.1. The van der Waals surface area contributed by atoms with Gasteiger partial charge in [0, 0.05) is 13.1 Å². The fraction of sp³-hybridized carbons (Fsp3) is 0.211. The van der Waals surface area contributed by atoms with Gasteiger partial charge in [-0.2, -0.15) is 0 Å². The minimum Gasteiger partial charge on any atom is -0.352 e. The predicted molar refractivity (Wildman–Crippen MR) is 89.7 cm³/mol. The van der Waals surface area contributed by atoms with Gasteiger partial charge in [-0.3, -0.25) is 19.3 Å². The quantitative estimate of drug-likeness (QED) is 0.638. The van der Waals surface area contributed by atoms with E-state index >= 15 is 0 Å². The zero-order valence-electron chi connectivity index (χ0n) is 13.8. The molecule has 5 nitrogen and oxygen atoms in total. The van der Waals surface area contributed by atoms with Gasteiger partial charge in [-0.1, -0.05) is 18.2 Å². The van der Waals surface area contributed by atoms with E-state index in [1.807, 2.05) is 0 Å². The molecule has 0 bridgehead atoms. The highest BCUT2D eigenvalue weighted by Crippen LogP contribution is 2.22. The number of rotatable bonds is 6. The lowest BCUT2D eigenvalue weighted by Gasteiger charge is -2.13. The van der Waals surface area contributed by atoms with Gasteiger partial charge in [0.15, 0.2) is 0 Å². The topological polar surface area (TPSA) is 66.5 Å². The summed E-state index contributed by atoms with van der Waals surface area (Å²) in [5, 5.41) is 2.44. The number of hydrogen-bond acceptors (Lipinski definition) is 3. The molecule has 26 heavy (non-hydrogen) atoms. The fourth-order valence-electron chi connectivity index (χ4n) is 2.84. The summed E-state index contributed by atoms with van der Waals surface area (Å²) >= 11 is 0. The van der Waals surface area contributed by atoms with Crippen LogP contribution in [0.25, 0.3) is 0 Å². The average Bonchev–Trinajstić information content (AvgIpc) is 2.86. The Morgan fingerprint density at radius 3 is 2.04 bits per heavy atom. The van der Waals surface area contributed by atoms with E-state index in [4.69, 9.17) is 0 Å². The SMILES string of the molecule is O=C(NCCCCN1C(=O)c2ccccc2C1=O)c1c(F)cccc1F. The molecule has 1 aliphatic rings. The molecule has 2 aromatic rings. The summed E-state index contributed by atoms with van der Waals surface area (Å²) < 4.78 is 27.0. The summed E-state index contributed by atoms with van der Waals surface area (Å²) in [5.41, 5.74) is 0.162. The lowest BCUT2D eigenvalue weighted by molar-refractivity contribution is 0.0650. The van der Waals surface area contributed by atoms with Crippen molar-refractivity contribution in [1.29, 1.82) is 0 Å². The lowest BCUT2D eigenvalue weighted by atomic mass is 10.1. The first kappa shape index (κ1) is 17.7. The summed E-state index contributed by atoms with van der Waals surface area (Å²) in [6, 6.07) is 9.83. The molecule has 0 fully saturated rings. The molecule has 0 aromatic heterocycles. The molecule has 3 rings (SSSR count). The monoisotopic (exact) mass is 358 g/mol. The molecule has 3 amide bonds. The van der Waals surface area contributed by atoms with Crippen LogP contribution >= 0.6 is 0 Å². The van der Waals surface area contributed by atoms with Crippen molar-refractivity contribution in [3.8, 4) is 0 Å². The van der Waals surface area contributed by atoms with Crippen LogP contribution in [0.3, 0.4) is 0 Å². The van der Waals surface area contributed by atoms with Crippen LogP contribution in [-0.4, -0.2) is 35.7 Å². The van der Waals surface area contributed by atoms with Crippen LogP contribution < -0.4 is 5.32 Å². The number of amides is 3. The van der Waals surface area contributed by atoms with E-state index in [1.165, 1.54) is 11.0 Å². The first-order valence-corrected chi connectivity index (χ1v) is 8.18. The van der Waals surface area contributed by atoms with Crippen molar-refractivity contribution in [2.75, 3.05) is 13.1 Å². The fourth-order valence-corrected chi connectivity index (χ4v) is 2.84. The van der Waals surface area contributed by atoms with Crippen LogP contribution in [0.15, 0.2) is 42.5 Å².